The number of rotatable bonds is 7. The molecule has 0 radical (unpaired) electrons. The Morgan fingerprint density at radius 1 is 1.09 bits per heavy atom. The maximum absolute atomic E-state index is 14.3. The zero-order valence-electron chi connectivity index (χ0n) is 17.8. The number of benzene rings is 2. The third-order valence-corrected chi connectivity index (χ3v) is 5.56. The number of nitrogens with zero attached hydrogens (tertiary/aromatic N) is 3. The Balaban J connectivity index is 1.57. The molecule has 7 heteroatoms. The first-order chi connectivity index (χ1) is 15.6. The van der Waals surface area contributed by atoms with Crippen molar-refractivity contribution in [2.45, 2.75) is 19.5 Å². The third kappa shape index (κ3) is 4.61. The summed E-state index contributed by atoms with van der Waals surface area (Å²) in [4.78, 5) is 33.8. The molecule has 0 bridgehead atoms. The van der Waals surface area contributed by atoms with Crippen LogP contribution in [-0.2, 0) is 22.7 Å². The van der Waals surface area contributed by atoms with Gasteiger partial charge in [-0.05, 0) is 30.3 Å². The summed E-state index contributed by atoms with van der Waals surface area (Å²) in [5.74, 6) is -0.681. The molecule has 1 aliphatic heterocycles. The van der Waals surface area contributed by atoms with E-state index in [4.69, 9.17) is 4.74 Å². The molecule has 0 N–H and O–H groups in total. The largest absolute Gasteiger partial charge is 0.495 e. The van der Waals surface area contributed by atoms with Gasteiger partial charge in [0.15, 0.2) is 0 Å². The average Bonchev–Trinajstić information content (AvgIpc) is 3.21. The fourth-order valence-electron chi connectivity index (χ4n) is 3.95. The number of methoxy groups -OCH3 is 1. The monoisotopic (exact) mass is 433 g/mol. The second-order valence-corrected chi connectivity index (χ2v) is 7.68. The second kappa shape index (κ2) is 9.60. The van der Waals surface area contributed by atoms with E-state index in [1.807, 2.05) is 24.3 Å². The summed E-state index contributed by atoms with van der Waals surface area (Å²) in [6.45, 7) is 0.572. The number of para-hydroxylation sites is 2. The zero-order valence-corrected chi connectivity index (χ0v) is 17.8. The lowest BCUT2D eigenvalue weighted by Gasteiger charge is -2.26. The highest BCUT2D eigenvalue weighted by Gasteiger charge is 2.38. The quantitative estimate of drug-likeness (QED) is 0.569. The van der Waals surface area contributed by atoms with Crippen molar-refractivity contribution < 1.29 is 18.7 Å². The highest BCUT2D eigenvalue weighted by atomic mass is 19.1. The summed E-state index contributed by atoms with van der Waals surface area (Å²) in [7, 11) is 1.55. The highest BCUT2D eigenvalue weighted by Crippen LogP contribution is 2.33. The van der Waals surface area contributed by atoms with Crippen LogP contribution in [0, 0.1) is 11.7 Å². The Kier molecular flexibility index (Phi) is 6.44. The fourth-order valence-corrected chi connectivity index (χ4v) is 3.95. The number of ether oxygens (including phenoxy) is 1. The van der Waals surface area contributed by atoms with Crippen LogP contribution in [0.1, 0.15) is 17.7 Å². The van der Waals surface area contributed by atoms with Crippen molar-refractivity contribution in [3.05, 3.63) is 90.0 Å². The summed E-state index contributed by atoms with van der Waals surface area (Å²) in [5, 5.41) is 0. The molecular weight excluding hydrogens is 409 g/mol. The van der Waals surface area contributed by atoms with Gasteiger partial charge in [0, 0.05) is 31.3 Å². The number of carbonyl (C=O) groups is 2. The molecule has 0 aliphatic carbocycles. The van der Waals surface area contributed by atoms with Crippen molar-refractivity contribution in [1.82, 2.24) is 9.88 Å². The lowest BCUT2D eigenvalue weighted by atomic mass is 10.1. The smallest absolute Gasteiger partial charge is 0.228 e. The summed E-state index contributed by atoms with van der Waals surface area (Å²) in [6.07, 6.45) is 1.75. The first-order valence-electron chi connectivity index (χ1n) is 10.4. The van der Waals surface area contributed by atoms with Crippen molar-refractivity contribution in [3.8, 4) is 5.75 Å². The number of aromatic nitrogens is 1. The SMILES string of the molecule is COc1ccccc1N1CC(C(=O)N(Cc2ccccn2)Cc2ccccc2F)CC1=O. The van der Waals surface area contributed by atoms with Crippen LogP contribution in [0.25, 0.3) is 0 Å². The molecule has 2 aromatic carbocycles. The van der Waals surface area contributed by atoms with Gasteiger partial charge in [-0.3, -0.25) is 14.6 Å². The first-order valence-corrected chi connectivity index (χ1v) is 10.4. The van der Waals surface area contributed by atoms with E-state index in [2.05, 4.69) is 4.98 Å². The van der Waals surface area contributed by atoms with Crippen molar-refractivity contribution in [2.24, 2.45) is 5.92 Å². The van der Waals surface area contributed by atoms with Crippen molar-refractivity contribution in [3.63, 3.8) is 0 Å². The Hall–Kier alpha value is -3.74. The third-order valence-electron chi connectivity index (χ3n) is 5.56. The Morgan fingerprint density at radius 2 is 1.84 bits per heavy atom. The Bertz CT molecular complexity index is 1110. The number of amides is 2. The van der Waals surface area contributed by atoms with Crippen LogP contribution < -0.4 is 9.64 Å². The van der Waals surface area contributed by atoms with E-state index in [-0.39, 0.29) is 43.7 Å². The maximum atomic E-state index is 14.3. The molecule has 1 fully saturated rings. The fraction of sp³-hybridized carbons (Fsp3) is 0.240. The van der Waals surface area contributed by atoms with Crippen LogP contribution >= 0.6 is 0 Å². The van der Waals surface area contributed by atoms with Crippen LogP contribution in [0.5, 0.6) is 5.75 Å². The molecule has 1 aliphatic rings. The molecule has 164 valence electrons. The van der Waals surface area contributed by atoms with E-state index < -0.39 is 5.92 Å². The molecule has 1 aromatic heterocycles. The lowest BCUT2D eigenvalue weighted by Crippen LogP contribution is -2.37. The van der Waals surface area contributed by atoms with Crippen LogP contribution in [-0.4, -0.2) is 35.4 Å². The number of pyridine rings is 1. The Labute approximate surface area is 186 Å². The molecule has 1 atom stereocenters. The number of hydrogen-bond donors (Lipinski definition) is 0. The van der Waals surface area contributed by atoms with E-state index in [1.165, 1.54) is 6.07 Å². The molecule has 0 spiro atoms. The molecule has 3 aromatic rings. The highest BCUT2D eigenvalue weighted by molar-refractivity contribution is 6.01. The summed E-state index contributed by atoms with van der Waals surface area (Å²) in [6, 6.07) is 19.1. The molecular formula is C25H24FN3O3. The summed E-state index contributed by atoms with van der Waals surface area (Å²) in [5.41, 5.74) is 1.76. The van der Waals surface area contributed by atoms with Crippen LogP contribution in [0.4, 0.5) is 10.1 Å². The lowest BCUT2D eigenvalue weighted by molar-refractivity contribution is -0.137. The minimum atomic E-state index is -0.539. The van der Waals surface area contributed by atoms with E-state index in [1.54, 1.807) is 59.5 Å². The van der Waals surface area contributed by atoms with E-state index in [9.17, 15) is 14.0 Å². The topological polar surface area (TPSA) is 62.7 Å². The molecule has 1 unspecified atom stereocenters. The average molecular weight is 433 g/mol. The summed E-state index contributed by atoms with van der Waals surface area (Å²) >= 11 is 0. The van der Waals surface area contributed by atoms with Gasteiger partial charge in [-0.15, -0.1) is 0 Å². The minimum absolute atomic E-state index is 0.0902. The number of carbonyl (C=O) groups excluding carboxylic acids is 2. The van der Waals surface area contributed by atoms with E-state index in [0.29, 0.717) is 22.7 Å². The van der Waals surface area contributed by atoms with Crippen molar-refractivity contribution >= 4 is 17.5 Å². The van der Waals surface area contributed by atoms with Gasteiger partial charge in [0.1, 0.15) is 11.6 Å². The van der Waals surface area contributed by atoms with Crippen LogP contribution in [0.3, 0.4) is 0 Å². The molecule has 32 heavy (non-hydrogen) atoms. The van der Waals surface area contributed by atoms with Crippen LogP contribution in [0.2, 0.25) is 0 Å². The Morgan fingerprint density at radius 3 is 2.59 bits per heavy atom. The summed E-state index contributed by atoms with van der Waals surface area (Å²) < 4.78 is 19.7. The minimum Gasteiger partial charge on any atom is -0.495 e. The predicted molar refractivity (Wildman–Crippen MR) is 118 cm³/mol. The van der Waals surface area contributed by atoms with Gasteiger partial charge in [0.05, 0.1) is 31.0 Å². The molecule has 2 amide bonds. The van der Waals surface area contributed by atoms with Crippen molar-refractivity contribution in [1.29, 1.82) is 0 Å². The van der Waals surface area contributed by atoms with Gasteiger partial charge >= 0.3 is 0 Å². The standard InChI is InChI=1S/C25H24FN3O3/c1-32-23-12-5-4-11-22(23)29-16-19(14-24(29)30)25(31)28(17-20-9-6-7-13-27-20)15-18-8-2-3-10-21(18)26/h2-13,19H,14-17H2,1H3. The predicted octanol–water partition coefficient (Wildman–Crippen LogP) is 3.81. The van der Waals surface area contributed by atoms with Gasteiger partial charge in [-0.2, -0.15) is 0 Å². The maximum Gasteiger partial charge on any atom is 0.228 e. The first kappa shape index (κ1) is 21.5. The molecule has 2 heterocycles. The number of anilines is 1. The number of halogens is 1. The van der Waals surface area contributed by atoms with Gasteiger partial charge in [0.25, 0.3) is 0 Å². The second-order valence-electron chi connectivity index (χ2n) is 7.68. The zero-order chi connectivity index (χ0) is 22.5. The molecule has 4 rings (SSSR count). The normalized spacial score (nSPS) is 15.6. The van der Waals surface area contributed by atoms with Gasteiger partial charge in [-0.1, -0.05) is 36.4 Å². The van der Waals surface area contributed by atoms with E-state index in [0.717, 1.165) is 0 Å². The van der Waals surface area contributed by atoms with E-state index >= 15 is 0 Å². The van der Waals surface area contributed by atoms with Gasteiger partial charge in [-0.25, -0.2) is 4.39 Å². The number of hydrogen-bond acceptors (Lipinski definition) is 4. The van der Waals surface area contributed by atoms with Gasteiger partial charge in [0.2, 0.25) is 11.8 Å². The van der Waals surface area contributed by atoms with Crippen LogP contribution in [0.15, 0.2) is 72.9 Å². The van der Waals surface area contributed by atoms with Crippen molar-refractivity contribution in [2.75, 3.05) is 18.6 Å². The van der Waals surface area contributed by atoms with Gasteiger partial charge < -0.3 is 14.5 Å². The molecule has 0 saturated carbocycles. The molecule has 6 nitrogen and oxygen atoms in total. The molecule has 1 saturated heterocycles.